The molecule has 2 N–H and O–H groups in total. The SMILES string of the molecule is O=C(CCCc1ccccc1)NCCOCCOCCOCCOCCOCCNCc1ccc(OCc2ccccc2)c(OCc2ccccc2)c1. The summed E-state index contributed by atoms with van der Waals surface area (Å²) in [6.07, 6.45) is 2.27. The minimum Gasteiger partial charge on any atom is -0.485 e. The molecule has 53 heavy (non-hydrogen) atoms. The molecule has 0 atom stereocenters. The summed E-state index contributed by atoms with van der Waals surface area (Å²) in [5.41, 5.74) is 4.56. The van der Waals surface area contributed by atoms with Gasteiger partial charge < -0.3 is 43.8 Å². The zero-order chi connectivity index (χ0) is 36.9. The van der Waals surface area contributed by atoms with Gasteiger partial charge in [0.1, 0.15) is 13.2 Å². The van der Waals surface area contributed by atoms with Crippen molar-refractivity contribution in [2.45, 2.75) is 39.0 Å². The quantitative estimate of drug-likeness (QED) is 0.0612. The molecular formula is C43H56N2O8. The van der Waals surface area contributed by atoms with Crippen molar-refractivity contribution in [1.82, 2.24) is 10.6 Å². The van der Waals surface area contributed by atoms with E-state index in [0.717, 1.165) is 41.0 Å². The van der Waals surface area contributed by atoms with Gasteiger partial charge in [-0.15, -0.1) is 0 Å². The number of hydrogen-bond acceptors (Lipinski definition) is 9. The minimum atomic E-state index is 0.0580. The second kappa shape index (κ2) is 27.3. The molecule has 0 unspecified atom stereocenters. The number of hydrogen-bond donors (Lipinski definition) is 2. The van der Waals surface area contributed by atoms with Crippen molar-refractivity contribution in [2.75, 3.05) is 79.2 Å². The number of carbonyl (C=O) groups excluding carboxylic acids is 1. The van der Waals surface area contributed by atoms with Gasteiger partial charge in [0, 0.05) is 26.1 Å². The number of aryl methyl sites for hydroxylation is 1. The number of carbonyl (C=O) groups is 1. The largest absolute Gasteiger partial charge is 0.485 e. The van der Waals surface area contributed by atoms with Gasteiger partial charge >= 0.3 is 0 Å². The van der Waals surface area contributed by atoms with Crippen LogP contribution in [0, 0.1) is 0 Å². The van der Waals surface area contributed by atoms with Gasteiger partial charge in [-0.2, -0.15) is 0 Å². The maximum absolute atomic E-state index is 11.9. The molecule has 286 valence electrons. The monoisotopic (exact) mass is 728 g/mol. The van der Waals surface area contributed by atoms with Crippen molar-refractivity contribution in [3.8, 4) is 11.5 Å². The fourth-order valence-corrected chi connectivity index (χ4v) is 5.17. The van der Waals surface area contributed by atoms with Crippen LogP contribution in [0.1, 0.15) is 35.1 Å². The molecule has 10 heteroatoms. The van der Waals surface area contributed by atoms with Gasteiger partial charge in [-0.05, 0) is 47.2 Å². The first-order valence-electron chi connectivity index (χ1n) is 18.6. The summed E-state index contributed by atoms with van der Waals surface area (Å²) in [6, 6.07) is 36.5. The minimum absolute atomic E-state index is 0.0580. The Labute approximate surface area is 315 Å². The molecule has 1 amide bonds. The van der Waals surface area contributed by atoms with Gasteiger partial charge in [0.05, 0.1) is 66.1 Å². The predicted molar refractivity (Wildman–Crippen MR) is 206 cm³/mol. The molecule has 0 aromatic heterocycles. The Morgan fingerprint density at radius 3 is 1.49 bits per heavy atom. The highest BCUT2D eigenvalue weighted by atomic mass is 16.6. The van der Waals surface area contributed by atoms with E-state index in [-0.39, 0.29) is 5.91 Å². The zero-order valence-electron chi connectivity index (χ0n) is 30.9. The van der Waals surface area contributed by atoms with Crippen LogP contribution < -0.4 is 20.1 Å². The maximum atomic E-state index is 11.9. The van der Waals surface area contributed by atoms with Gasteiger partial charge in [0.2, 0.25) is 5.91 Å². The van der Waals surface area contributed by atoms with Gasteiger partial charge in [-0.25, -0.2) is 0 Å². The molecule has 0 saturated heterocycles. The smallest absolute Gasteiger partial charge is 0.220 e. The van der Waals surface area contributed by atoms with Crippen LogP contribution >= 0.6 is 0 Å². The van der Waals surface area contributed by atoms with Crippen LogP contribution in [0.3, 0.4) is 0 Å². The Hall–Kier alpha value is -4.29. The highest BCUT2D eigenvalue weighted by molar-refractivity contribution is 5.75. The van der Waals surface area contributed by atoms with Crippen molar-refractivity contribution < 1.29 is 38.0 Å². The number of ether oxygens (including phenoxy) is 7. The van der Waals surface area contributed by atoms with Gasteiger partial charge in [0.25, 0.3) is 0 Å². The molecule has 0 aliphatic heterocycles. The molecule has 0 radical (unpaired) electrons. The average Bonchev–Trinajstić information content (AvgIpc) is 3.20. The Kier molecular flexibility index (Phi) is 21.4. The van der Waals surface area contributed by atoms with Crippen molar-refractivity contribution >= 4 is 5.91 Å². The average molecular weight is 729 g/mol. The lowest BCUT2D eigenvalue weighted by Gasteiger charge is -2.15. The van der Waals surface area contributed by atoms with Crippen molar-refractivity contribution in [3.05, 3.63) is 131 Å². The molecule has 0 aliphatic rings. The second-order valence-corrected chi connectivity index (χ2v) is 12.3. The Balaban J connectivity index is 0.922. The van der Waals surface area contributed by atoms with Crippen LogP contribution in [0.4, 0.5) is 0 Å². The van der Waals surface area contributed by atoms with Gasteiger partial charge in [-0.1, -0.05) is 97.1 Å². The van der Waals surface area contributed by atoms with E-state index in [1.165, 1.54) is 5.56 Å². The van der Waals surface area contributed by atoms with Crippen LogP contribution in [0.5, 0.6) is 11.5 Å². The first kappa shape index (κ1) is 41.5. The summed E-state index contributed by atoms with van der Waals surface area (Å²) < 4.78 is 40.2. The molecule has 4 rings (SSSR count). The molecule has 0 aliphatic carbocycles. The summed E-state index contributed by atoms with van der Waals surface area (Å²) in [6.45, 7) is 7.88. The molecule has 10 nitrogen and oxygen atoms in total. The van der Waals surface area contributed by atoms with Crippen LogP contribution in [-0.2, 0) is 54.7 Å². The van der Waals surface area contributed by atoms with Crippen LogP contribution in [0.2, 0.25) is 0 Å². The van der Waals surface area contributed by atoms with E-state index < -0.39 is 0 Å². The summed E-state index contributed by atoms with van der Waals surface area (Å²) in [5, 5.41) is 6.32. The number of nitrogens with one attached hydrogen (secondary N) is 2. The summed E-state index contributed by atoms with van der Waals surface area (Å²) in [7, 11) is 0. The zero-order valence-corrected chi connectivity index (χ0v) is 30.9. The van der Waals surface area contributed by atoms with Gasteiger partial charge in [-0.3, -0.25) is 4.79 Å². The summed E-state index contributed by atoms with van der Waals surface area (Å²) in [4.78, 5) is 11.9. The molecule has 4 aromatic carbocycles. The Morgan fingerprint density at radius 2 is 0.943 bits per heavy atom. The summed E-state index contributed by atoms with van der Waals surface area (Å²) >= 11 is 0. The fourth-order valence-electron chi connectivity index (χ4n) is 5.17. The first-order valence-corrected chi connectivity index (χ1v) is 18.6. The number of amides is 1. The van der Waals surface area contributed by atoms with E-state index >= 15 is 0 Å². The predicted octanol–water partition coefficient (Wildman–Crippen LogP) is 6.16. The fraction of sp³-hybridized carbons (Fsp3) is 0.419. The third-order valence-corrected chi connectivity index (χ3v) is 8.00. The highest BCUT2D eigenvalue weighted by Gasteiger charge is 2.09. The molecule has 0 heterocycles. The molecule has 0 bridgehead atoms. The third-order valence-electron chi connectivity index (χ3n) is 8.00. The number of rotatable bonds is 30. The topological polar surface area (TPSA) is 106 Å². The van der Waals surface area contributed by atoms with E-state index in [0.29, 0.717) is 105 Å². The lowest BCUT2D eigenvalue weighted by Crippen LogP contribution is -2.27. The van der Waals surface area contributed by atoms with Crippen molar-refractivity contribution in [3.63, 3.8) is 0 Å². The van der Waals surface area contributed by atoms with Crippen LogP contribution in [-0.4, -0.2) is 85.1 Å². The summed E-state index contributed by atoms with van der Waals surface area (Å²) in [5.74, 6) is 1.50. The first-order chi connectivity index (χ1) is 26.3. The van der Waals surface area contributed by atoms with E-state index in [1.54, 1.807) is 0 Å². The Bertz CT molecular complexity index is 1490. The van der Waals surface area contributed by atoms with Crippen molar-refractivity contribution in [2.24, 2.45) is 0 Å². The van der Waals surface area contributed by atoms with Crippen molar-refractivity contribution in [1.29, 1.82) is 0 Å². The molecule has 4 aromatic rings. The van der Waals surface area contributed by atoms with E-state index in [4.69, 9.17) is 33.2 Å². The highest BCUT2D eigenvalue weighted by Crippen LogP contribution is 2.30. The van der Waals surface area contributed by atoms with Gasteiger partial charge in [0.15, 0.2) is 11.5 Å². The van der Waals surface area contributed by atoms with E-state index in [2.05, 4.69) is 41.0 Å². The second-order valence-electron chi connectivity index (χ2n) is 12.3. The maximum Gasteiger partial charge on any atom is 0.220 e. The lowest BCUT2D eigenvalue weighted by atomic mass is 10.1. The molecular weight excluding hydrogens is 672 g/mol. The Morgan fingerprint density at radius 1 is 0.472 bits per heavy atom. The lowest BCUT2D eigenvalue weighted by molar-refractivity contribution is -0.121. The van der Waals surface area contributed by atoms with E-state index in [9.17, 15) is 4.79 Å². The van der Waals surface area contributed by atoms with E-state index in [1.807, 2.05) is 78.9 Å². The molecule has 0 saturated carbocycles. The number of benzene rings is 4. The third kappa shape index (κ3) is 19.4. The van der Waals surface area contributed by atoms with Crippen LogP contribution in [0.25, 0.3) is 0 Å². The standard InChI is InChI=1S/C43H56N2O8/c46-43(18-10-17-37-11-4-1-5-12-37)45-22-24-48-26-28-50-30-32-51-31-29-49-27-25-47-23-21-44-34-40-19-20-41(52-35-38-13-6-2-7-14-38)42(33-40)53-36-39-15-8-3-9-16-39/h1-9,11-16,19-20,33,44H,10,17-18,21-32,34-36H2,(H,45,46). The normalized spacial score (nSPS) is 11.0. The molecule has 0 spiro atoms. The molecule has 0 fully saturated rings. The van der Waals surface area contributed by atoms with Crippen LogP contribution in [0.15, 0.2) is 109 Å².